The van der Waals surface area contributed by atoms with Gasteiger partial charge in [0.2, 0.25) is 0 Å². The van der Waals surface area contributed by atoms with E-state index in [4.69, 9.17) is 11.6 Å². The molecule has 132 valence electrons. The van der Waals surface area contributed by atoms with Gasteiger partial charge >= 0.3 is 0 Å². The van der Waals surface area contributed by atoms with Crippen molar-refractivity contribution in [1.29, 1.82) is 0 Å². The van der Waals surface area contributed by atoms with E-state index in [1.54, 1.807) is 24.3 Å². The molecule has 2 N–H and O–H groups in total. The molecule has 0 aromatic heterocycles. The highest BCUT2D eigenvalue weighted by molar-refractivity contribution is 6.30. The quantitative estimate of drug-likeness (QED) is 0.650. The van der Waals surface area contributed by atoms with Crippen LogP contribution in [0.5, 0.6) is 0 Å². The lowest BCUT2D eigenvalue weighted by molar-refractivity contribution is 0.0909. The minimum atomic E-state index is -0.674. The Morgan fingerprint density at radius 1 is 0.846 bits per heavy atom. The van der Waals surface area contributed by atoms with E-state index in [0.29, 0.717) is 17.0 Å². The highest BCUT2D eigenvalue weighted by atomic mass is 35.5. The molecule has 3 nitrogen and oxygen atoms in total. The molecule has 0 aliphatic carbocycles. The Hall–Kier alpha value is -2.62. The largest absolute Gasteiger partial charge is 0.388 e. The summed E-state index contributed by atoms with van der Waals surface area (Å²) in [5, 5.41) is 14.2. The lowest BCUT2D eigenvalue weighted by Crippen LogP contribution is -2.29. The first-order chi connectivity index (χ1) is 12.6. The molecule has 4 heteroatoms. The Labute approximate surface area is 158 Å². The van der Waals surface area contributed by atoms with Crippen LogP contribution in [0.4, 0.5) is 0 Å². The van der Waals surface area contributed by atoms with Gasteiger partial charge in [0.15, 0.2) is 0 Å². The number of hydrogen-bond acceptors (Lipinski definition) is 2. The molecule has 3 aromatic rings. The van der Waals surface area contributed by atoms with Crippen molar-refractivity contribution in [2.75, 3.05) is 0 Å². The van der Waals surface area contributed by atoms with E-state index in [2.05, 4.69) is 5.32 Å². The minimum absolute atomic E-state index is 0.198. The second kappa shape index (κ2) is 8.65. The smallest absolute Gasteiger partial charge is 0.251 e. The molecule has 3 aromatic carbocycles. The van der Waals surface area contributed by atoms with E-state index < -0.39 is 6.10 Å². The van der Waals surface area contributed by atoms with E-state index >= 15 is 0 Å². The summed E-state index contributed by atoms with van der Waals surface area (Å²) in [7, 11) is 0. The van der Waals surface area contributed by atoms with E-state index in [1.807, 2.05) is 60.7 Å². The topological polar surface area (TPSA) is 49.3 Å². The van der Waals surface area contributed by atoms with Crippen molar-refractivity contribution in [3.8, 4) is 0 Å². The number of amides is 1. The van der Waals surface area contributed by atoms with Gasteiger partial charge in [-0.3, -0.25) is 4.79 Å². The Kier molecular flexibility index (Phi) is 6.05. The monoisotopic (exact) mass is 365 g/mol. The molecule has 1 amide bonds. The summed E-state index contributed by atoms with van der Waals surface area (Å²) in [4.78, 5) is 12.6. The van der Waals surface area contributed by atoms with Crippen molar-refractivity contribution in [3.63, 3.8) is 0 Å². The Bertz CT molecular complexity index is 835. The van der Waals surface area contributed by atoms with Gasteiger partial charge in [-0.2, -0.15) is 0 Å². The molecule has 0 aliphatic heterocycles. The number of hydrogen-bond donors (Lipinski definition) is 2. The lowest BCUT2D eigenvalue weighted by atomic mass is 9.96. The highest BCUT2D eigenvalue weighted by Crippen LogP contribution is 2.27. The third-order valence-electron chi connectivity index (χ3n) is 4.26. The molecular formula is C22H20ClNO2. The molecule has 0 saturated heterocycles. The van der Waals surface area contributed by atoms with Crippen LogP contribution in [0.2, 0.25) is 5.02 Å². The number of rotatable bonds is 6. The standard InChI is InChI=1S/C22H20ClNO2/c23-19-13-11-18(12-14-19)22(26)24-20(16-7-3-1-4-8-16)15-21(25)17-9-5-2-6-10-17/h1-14,20-21,25H,15H2,(H,24,26)/t20-,21+/m1/s1. The third kappa shape index (κ3) is 4.72. The molecule has 0 spiro atoms. The second-order valence-electron chi connectivity index (χ2n) is 6.11. The van der Waals surface area contributed by atoms with Gasteiger partial charge in [0.05, 0.1) is 12.1 Å². The molecule has 0 radical (unpaired) electrons. The minimum Gasteiger partial charge on any atom is -0.388 e. The molecule has 0 heterocycles. The van der Waals surface area contributed by atoms with E-state index in [9.17, 15) is 9.90 Å². The summed E-state index contributed by atoms with van der Waals surface area (Å²) in [6, 6.07) is 25.6. The van der Waals surface area contributed by atoms with Crippen molar-refractivity contribution in [3.05, 3.63) is 107 Å². The number of carbonyl (C=O) groups excluding carboxylic acids is 1. The molecule has 2 atom stereocenters. The summed E-state index contributed by atoms with van der Waals surface area (Å²) in [6.07, 6.45) is -0.292. The fourth-order valence-electron chi connectivity index (χ4n) is 2.84. The summed E-state index contributed by atoms with van der Waals surface area (Å²) < 4.78 is 0. The van der Waals surface area contributed by atoms with Crippen LogP contribution < -0.4 is 5.32 Å². The zero-order valence-corrected chi connectivity index (χ0v) is 14.9. The number of carbonyl (C=O) groups is 1. The molecule has 0 fully saturated rings. The molecular weight excluding hydrogens is 346 g/mol. The van der Waals surface area contributed by atoms with Gasteiger partial charge in [0.1, 0.15) is 0 Å². The maximum absolute atomic E-state index is 12.6. The maximum atomic E-state index is 12.6. The van der Waals surface area contributed by atoms with Crippen LogP contribution in [0, 0.1) is 0 Å². The molecule has 0 unspecified atom stereocenters. The van der Waals surface area contributed by atoms with Crippen molar-refractivity contribution in [2.45, 2.75) is 18.6 Å². The molecule has 3 rings (SSSR count). The fourth-order valence-corrected chi connectivity index (χ4v) is 2.97. The first-order valence-electron chi connectivity index (χ1n) is 8.48. The fraction of sp³-hybridized carbons (Fsp3) is 0.136. The maximum Gasteiger partial charge on any atom is 0.251 e. The number of nitrogens with one attached hydrogen (secondary N) is 1. The van der Waals surface area contributed by atoms with Crippen LogP contribution in [0.3, 0.4) is 0 Å². The zero-order chi connectivity index (χ0) is 18.4. The van der Waals surface area contributed by atoms with Gasteiger partial charge in [-0.05, 0) is 35.4 Å². The van der Waals surface area contributed by atoms with Crippen molar-refractivity contribution < 1.29 is 9.90 Å². The predicted molar refractivity (Wildman–Crippen MR) is 104 cm³/mol. The number of aliphatic hydroxyl groups is 1. The highest BCUT2D eigenvalue weighted by Gasteiger charge is 2.20. The lowest BCUT2D eigenvalue weighted by Gasteiger charge is -2.22. The summed E-state index contributed by atoms with van der Waals surface area (Å²) in [5.74, 6) is -0.198. The molecule has 0 saturated carbocycles. The van der Waals surface area contributed by atoms with E-state index in [1.165, 1.54) is 0 Å². The van der Waals surface area contributed by atoms with Crippen LogP contribution >= 0.6 is 11.6 Å². The van der Waals surface area contributed by atoms with Gasteiger partial charge in [0.25, 0.3) is 5.91 Å². The van der Waals surface area contributed by atoms with E-state index in [0.717, 1.165) is 11.1 Å². The number of aliphatic hydroxyl groups excluding tert-OH is 1. The van der Waals surface area contributed by atoms with Gasteiger partial charge < -0.3 is 10.4 Å². The Morgan fingerprint density at radius 3 is 1.96 bits per heavy atom. The van der Waals surface area contributed by atoms with Crippen LogP contribution in [0.15, 0.2) is 84.9 Å². The SMILES string of the molecule is O=C(N[C@H](C[C@H](O)c1ccccc1)c1ccccc1)c1ccc(Cl)cc1. The van der Waals surface area contributed by atoms with Crippen molar-refractivity contribution >= 4 is 17.5 Å². The van der Waals surface area contributed by atoms with E-state index in [-0.39, 0.29) is 11.9 Å². The summed E-state index contributed by atoms with van der Waals surface area (Å²) >= 11 is 5.89. The van der Waals surface area contributed by atoms with Gasteiger partial charge in [-0.1, -0.05) is 72.3 Å². The van der Waals surface area contributed by atoms with Gasteiger partial charge in [-0.25, -0.2) is 0 Å². The molecule has 0 aliphatic rings. The van der Waals surface area contributed by atoms with Gasteiger partial charge in [0, 0.05) is 17.0 Å². The predicted octanol–water partition coefficient (Wildman–Crippen LogP) is 4.93. The molecule has 0 bridgehead atoms. The third-order valence-corrected chi connectivity index (χ3v) is 4.51. The average molecular weight is 366 g/mol. The zero-order valence-electron chi connectivity index (χ0n) is 14.2. The number of benzene rings is 3. The van der Waals surface area contributed by atoms with Crippen LogP contribution in [-0.2, 0) is 0 Å². The summed E-state index contributed by atoms with van der Waals surface area (Å²) in [5.41, 5.74) is 2.31. The Balaban J connectivity index is 1.79. The van der Waals surface area contributed by atoms with Crippen molar-refractivity contribution in [1.82, 2.24) is 5.32 Å². The van der Waals surface area contributed by atoms with Crippen LogP contribution in [-0.4, -0.2) is 11.0 Å². The van der Waals surface area contributed by atoms with Crippen molar-refractivity contribution in [2.24, 2.45) is 0 Å². The first-order valence-corrected chi connectivity index (χ1v) is 8.85. The second-order valence-corrected chi connectivity index (χ2v) is 6.54. The first kappa shape index (κ1) is 18.2. The normalized spacial score (nSPS) is 13.0. The van der Waals surface area contributed by atoms with Gasteiger partial charge in [-0.15, -0.1) is 0 Å². The average Bonchev–Trinajstić information content (AvgIpc) is 2.69. The van der Waals surface area contributed by atoms with Crippen LogP contribution in [0.1, 0.15) is 40.1 Å². The number of halogens is 1. The Morgan fingerprint density at radius 2 is 1.38 bits per heavy atom. The molecule has 26 heavy (non-hydrogen) atoms. The van der Waals surface area contributed by atoms with Crippen LogP contribution in [0.25, 0.3) is 0 Å². The summed E-state index contributed by atoms with van der Waals surface area (Å²) in [6.45, 7) is 0.